The molecule has 1 aliphatic heterocycles. The van der Waals surface area contributed by atoms with Crippen LogP contribution in [0.1, 0.15) is 4.88 Å². The van der Waals surface area contributed by atoms with Crippen molar-refractivity contribution in [2.45, 2.75) is 6.54 Å². The topological polar surface area (TPSA) is 88.5 Å². The minimum Gasteiger partial charge on any atom is -0.375 e. The minimum atomic E-state index is 0.637. The monoisotopic (exact) mass is 316 g/mol. The van der Waals surface area contributed by atoms with Gasteiger partial charge in [-0.05, 0) is 0 Å². The fourth-order valence-corrected chi connectivity index (χ4v) is 3.43. The molecule has 0 amide bonds. The molecule has 2 N–H and O–H groups in total. The Hall–Kier alpha value is -2.26. The highest BCUT2D eigenvalue weighted by molar-refractivity contribution is 7.15. The molecule has 3 aromatic rings. The summed E-state index contributed by atoms with van der Waals surface area (Å²) in [6.45, 7) is 4.77. The Morgan fingerprint density at radius 1 is 1.09 bits per heavy atom. The Morgan fingerprint density at radius 3 is 2.73 bits per heavy atom. The van der Waals surface area contributed by atoms with Crippen molar-refractivity contribution < 1.29 is 0 Å². The van der Waals surface area contributed by atoms with E-state index in [1.54, 1.807) is 23.9 Å². The Morgan fingerprint density at radius 2 is 1.95 bits per heavy atom. The first-order chi connectivity index (χ1) is 10.8. The van der Waals surface area contributed by atoms with Crippen LogP contribution in [0.4, 0.5) is 10.9 Å². The number of piperazine rings is 1. The summed E-state index contributed by atoms with van der Waals surface area (Å²) in [5, 5.41) is 4.91. The van der Waals surface area contributed by atoms with E-state index in [1.165, 1.54) is 4.88 Å². The normalized spacial score (nSPS) is 16.5. The molecular weight excluding hydrogens is 300 g/mol. The van der Waals surface area contributed by atoms with Gasteiger partial charge < -0.3 is 10.6 Å². The largest absolute Gasteiger partial charge is 0.375 e. The summed E-state index contributed by atoms with van der Waals surface area (Å²) in [5.74, 6) is 0.997. The second-order valence-corrected chi connectivity index (χ2v) is 6.37. The van der Waals surface area contributed by atoms with Crippen molar-refractivity contribution in [3.05, 3.63) is 29.8 Å². The molecule has 1 saturated heterocycles. The molecule has 1 fully saturated rings. The van der Waals surface area contributed by atoms with E-state index < -0.39 is 0 Å². The molecule has 114 valence electrons. The second kappa shape index (κ2) is 5.50. The minimum absolute atomic E-state index is 0.637. The highest BCUT2D eigenvalue weighted by Gasteiger charge is 2.20. The Kier molecular flexibility index (Phi) is 3.35. The quantitative estimate of drug-likeness (QED) is 0.752. The van der Waals surface area contributed by atoms with Gasteiger partial charge in [-0.3, -0.25) is 9.88 Å². The van der Waals surface area contributed by atoms with Crippen molar-refractivity contribution in [3.63, 3.8) is 0 Å². The third-order valence-electron chi connectivity index (χ3n) is 3.82. The molecule has 0 atom stereocenters. The van der Waals surface area contributed by atoms with Gasteiger partial charge in [-0.25, -0.2) is 9.97 Å². The molecule has 9 heteroatoms. The molecule has 0 bridgehead atoms. The van der Waals surface area contributed by atoms with Crippen LogP contribution in [-0.2, 0) is 6.54 Å². The predicted molar refractivity (Wildman–Crippen MR) is 84.8 cm³/mol. The van der Waals surface area contributed by atoms with Crippen molar-refractivity contribution in [1.29, 1.82) is 0 Å². The van der Waals surface area contributed by atoms with Gasteiger partial charge in [0.05, 0.1) is 12.4 Å². The molecule has 0 unspecified atom stereocenters. The number of nitrogens with two attached hydrogens (primary N) is 1. The molecular formula is C13H16N8S. The second-order valence-electron chi connectivity index (χ2n) is 5.22. The highest BCUT2D eigenvalue weighted by atomic mass is 32.1. The summed E-state index contributed by atoms with van der Waals surface area (Å²) in [4.78, 5) is 18.5. The van der Waals surface area contributed by atoms with Gasteiger partial charge in [0.25, 0.3) is 0 Å². The third kappa shape index (κ3) is 2.48. The van der Waals surface area contributed by atoms with Crippen LogP contribution in [0.2, 0.25) is 0 Å². The van der Waals surface area contributed by atoms with Crippen LogP contribution in [0.3, 0.4) is 0 Å². The molecule has 0 aromatic carbocycles. The zero-order chi connectivity index (χ0) is 14.9. The molecule has 3 aromatic heterocycles. The standard InChI is InChI=1S/C13H16N8S/c14-13-16-5-10(22-13)8-19-1-3-20(4-2-19)12-7-15-6-11-17-9-18-21(11)12/h5-7,9H,1-4,8H2,(H2,14,16). The van der Waals surface area contributed by atoms with E-state index in [-0.39, 0.29) is 0 Å². The zero-order valence-corrected chi connectivity index (χ0v) is 12.8. The average molecular weight is 316 g/mol. The van der Waals surface area contributed by atoms with Gasteiger partial charge in [0.15, 0.2) is 16.6 Å². The lowest BCUT2D eigenvalue weighted by atomic mass is 10.3. The number of anilines is 2. The summed E-state index contributed by atoms with van der Waals surface area (Å²) < 4.78 is 1.84. The maximum absolute atomic E-state index is 5.68. The lowest BCUT2D eigenvalue weighted by Gasteiger charge is -2.35. The number of nitrogen functional groups attached to an aromatic ring is 1. The van der Waals surface area contributed by atoms with Gasteiger partial charge in [0.2, 0.25) is 0 Å². The Balaban J connectivity index is 1.44. The highest BCUT2D eigenvalue weighted by Crippen LogP contribution is 2.19. The van der Waals surface area contributed by atoms with E-state index in [2.05, 4.69) is 29.9 Å². The molecule has 0 spiro atoms. The van der Waals surface area contributed by atoms with E-state index in [1.807, 2.05) is 16.9 Å². The van der Waals surface area contributed by atoms with E-state index in [0.717, 1.165) is 44.2 Å². The molecule has 1 aliphatic rings. The summed E-state index contributed by atoms with van der Waals surface area (Å²) in [6.07, 6.45) is 7.00. The summed E-state index contributed by atoms with van der Waals surface area (Å²) >= 11 is 1.56. The van der Waals surface area contributed by atoms with E-state index in [4.69, 9.17) is 5.73 Å². The van der Waals surface area contributed by atoms with Gasteiger partial charge in [-0.1, -0.05) is 0 Å². The van der Waals surface area contributed by atoms with Crippen LogP contribution in [0, 0.1) is 0 Å². The van der Waals surface area contributed by atoms with Crippen LogP contribution < -0.4 is 10.6 Å². The average Bonchev–Trinajstić information content (AvgIpc) is 3.16. The molecule has 0 radical (unpaired) electrons. The molecule has 8 nitrogen and oxygen atoms in total. The number of hydrogen-bond donors (Lipinski definition) is 1. The molecule has 22 heavy (non-hydrogen) atoms. The van der Waals surface area contributed by atoms with Gasteiger partial charge in [0, 0.05) is 43.8 Å². The SMILES string of the molecule is Nc1ncc(CN2CCN(c3cncc4ncnn34)CC2)s1. The van der Waals surface area contributed by atoms with Crippen molar-refractivity contribution in [2.24, 2.45) is 0 Å². The molecule has 0 aliphatic carbocycles. The number of aromatic nitrogens is 5. The van der Waals surface area contributed by atoms with Crippen molar-refractivity contribution in [1.82, 2.24) is 29.5 Å². The first-order valence-electron chi connectivity index (χ1n) is 7.11. The summed E-state index contributed by atoms with van der Waals surface area (Å²) in [6, 6.07) is 0. The molecule has 0 saturated carbocycles. The number of fused-ring (bicyclic) bond motifs is 1. The Bertz CT molecular complexity index is 773. The van der Waals surface area contributed by atoms with Gasteiger partial charge >= 0.3 is 0 Å². The lowest BCUT2D eigenvalue weighted by molar-refractivity contribution is 0.251. The fourth-order valence-electron chi connectivity index (χ4n) is 2.71. The lowest BCUT2D eigenvalue weighted by Crippen LogP contribution is -2.46. The summed E-state index contributed by atoms with van der Waals surface area (Å²) in [7, 11) is 0. The maximum Gasteiger partial charge on any atom is 0.180 e. The van der Waals surface area contributed by atoms with Crippen LogP contribution >= 0.6 is 11.3 Å². The first-order valence-corrected chi connectivity index (χ1v) is 7.92. The van der Waals surface area contributed by atoms with Crippen LogP contribution in [0.15, 0.2) is 24.9 Å². The number of thiazole rings is 1. The van der Waals surface area contributed by atoms with Crippen LogP contribution in [-0.4, -0.2) is 55.6 Å². The molecule has 4 heterocycles. The van der Waals surface area contributed by atoms with Gasteiger partial charge in [0.1, 0.15) is 6.33 Å². The number of rotatable bonds is 3. The summed E-state index contributed by atoms with van der Waals surface area (Å²) in [5.41, 5.74) is 6.46. The van der Waals surface area contributed by atoms with E-state index in [0.29, 0.717) is 5.13 Å². The van der Waals surface area contributed by atoms with E-state index >= 15 is 0 Å². The van der Waals surface area contributed by atoms with Crippen molar-refractivity contribution >= 4 is 27.9 Å². The maximum atomic E-state index is 5.68. The van der Waals surface area contributed by atoms with Gasteiger partial charge in [-0.2, -0.15) is 9.61 Å². The number of nitrogens with zero attached hydrogens (tertiary/aromatic N) is 7. The zero-order valence-electron chi connectivity index (χ0n) is 12.0. The van der Waals surface area contributed by atoms with E-state index in [9.17, 15) is 0 Å². The predicted octanol–water partition coefficient (Wildman–Crippen LogP) is 0.485. The van der Waals surface area contributed by atoms with Crippen LogP contribution in [0.5, 0.6) is 0 Å². The van der Waals surface area contributed by atoms with Gasteiger partial charge in [-0.15, -0.1) is 11.3 Å². The molecule has 4 rings (SSSR count). The third-order valence-corrected chi connectivity index (χ3v) is 4.63. The first kappa shape index (κ1) is 13.4. The fraction of sp³-hybridized carbons (Fsp3) is 0.385. The Labute approximate surface area is 131 Å². The van der Waals surface area contributed by atoms with Crippen molar-refractivity contribution in [2.75, 3.05) is 36.8 Å². The number of hydrogen-bond acceptors (Lipinski definition) is 8. The van der Waals surface area contributed by atoms with Crippen molar-refractivity contribution in [3.8, 4) is 0 Å². The van der Waals surface area contributed by atoms with Crippen LogP contribution in [0.25, 0.3) is 5.65 Å². The smallest absolute Gasteiger partial charge is 0.180 e.